The van der Waals surface area contributed by atoms with Gasteiger partial charge in [-0.05, 0) is 18.1 Å². The molecule has 1 aromatic carbocycles. The third-order valence-electron chi connectivity index (χ3n) is 2.84. The fraction of sp³-hybridized carbons (Fsp3) is 0.417. The van der Waals surface area contributed by atoms with Gasteiger partial charge < -0.3 is 10.1 Å². The number of hydrogen-bond donors (Lipinski definition) is 2. The van der Waals surface area contributed by atoms with Crippen LogP contribution in [0, 0.1) is 0 Å². The molecule has 0 aliphatic carbocycles. The third-order valence-corrected chi connectivity index (χ3v) is 3.70. The Labute approximate surface area is 112 Å². The van der Waals surface area contributed by atoms with Crippen molar-refractivity contribution in [3.8, 4) is 5.75 Å². The van der Waals surface area contributed by atoms with Crippen LogP contribution in [0.5, 0.6) is 5.75 Å². The van der Waals surface area contributed by atoms with E-state index < -0.39 is 16.1 Å². The van der Waals surface area contributed by atoms with Crippen LogP contribution in [0.4, 0.5) is 0 Å². The molecular formula is C12H16N2O4S. The second-order valence-corrected chi connectivity index (χ2v) is 6.16. The number of amides is 1. The summed E-state index contributed by atoms with van der Waals surface area (Å²) in [6.45, 7) is 0.269. The lowest BCUT2D eigenvalue weighted by atomic mass is 10.1. The van der Waals surface area contributed by atoms with Crippen molar-refractivity contribution in [1.29, 1.82) is 0 Å². The maximum Gasteiger partial charge on any atom is 0.261 e. The lowest BCUT2D eigenvalue weighted by molar-refractivity contribution is -0.127. The highest BCUT2D eigenvalue weighted by atomic mass is 32.2. The van der Waals surface area contributed by atoms with Crippen molar-refractivity contribution >= 4 is 15.9 Å². The molecule has 0 fully saturated rings. The monoisotopic (exact) mass is 284 g/mol. The molecule has 1 aliphatic heterocycles. The minimum atomic E-state index is -3.47. The first kappa shape index (κ1) is 13.8. The molecule has 0 saturated heterocycles. The maximum atomic E-state index is 11.8. The zero-order valence-corrected chi connectivity index (χ0v) is 11.2. The number of benzene rings is 1. The van der Waals surface area contributed by atoms with Gasteiger partial charge in [0, 0.05) is 13.0 Å². The molecule has 0 spiro atoms. The molecule has 1 unspecified atom stereocenters. The van der Waals surface area contributed by atoms with Crippen LogP contribution in [-0.2, 0) is 21.2 Å². The van der Waals surface area contributed by atoms with Crippen molar-refractivity contribution in [1.82, 2.24) is 5.32 Å². The summed E-state index contributed by atoms with van der Waals surface area (Å²) >= 11 is 0. The average Bonchev–Trinajstić information content (AvgIpc) is 2.77. The third kappa shape index (κ3) is 3.93. The van der Waals surface area contributed by atoms with Crippen LogP contribution in [0.25, 0.3) is 0 Å². The van der Waals surface area contributed by atoms with Crippen LogP contribution in [0.3, 0.4) is 0 Å². The molecule has 19 heavy (non-hydrogen) atoms. The van der Waals surface area contributed by atoms with Gasteiger partial charge in [0.2, 0.25) is 10.0 Å². The number of ether oxygens (including phenoxy) is 1. The van der Waals surface area contributed by atoms with Crippen LogP contribution >= 0.6 is 0 Å². The summed E-state index contributed by atoms with van der Waals surface area (Å²) in [5.74, 6) is 0.358. The molecular weight excluding hydrogens is 268 g/mol. The molecule has 6 nitrogen and oxygen atoms in total. The van der Waals surface area contributed by atoms with Crippen molar-refractivity contribution in [3.63, 3.8) is 0 Å². The number of fused-ring (bicyclic) bond motifs is 1. The van der Waals surface area contributed by atoms with Gasteiger partial charge in [-0.15, -0.1) is 0 Å². The highest BCUT2D eigenvalue weighted by Gasteiger charge is 2.28. The van der Waals surface area contributed by atoms with Crippen molar-refractivity contribution in [2.24, 2.45) is 5.14 Å². The zero-order chi connectivity index (χ0) is 13.9. The summed E-state index contributed by atoms with van der Waals surface area (Å²) in [4.78, 5) is 11.8. The topological polar surface area (TPSA) is 98.5 Å². The lowest BCUT2D eigenvalue weighted by Crippen LogP contribution is -2.38. The number of primary sulfonamides is 1. The first-order valence-corrected chi connectivity index (χ1v) is 7.70. The van der Waals surface area contributed by atoms with Gasteiger partial charge in [0.25, 0.3) is 5.91 Å². The maximum absolute atomic E-state index is 11.8. The molecule has 0 aromatic heterocycles. The van der Waals surface area contributed by atoms with Crippen LogP contribution < -0.4 is 15.2 Å². The molecule has 1 aliphatic rings. The van der Waals surface area contributed by atoms with E-state index >= 15 is 0 Å². The highest BCUT2D eigenvalue weighted by molar-refractivity contribution is 7.89. The van der Waals surface area contributed by atoms with Crippen molar-refractivity contribution in [2.45, 2.75) is 18.9 Å². The quantitative estimate of drug-likeness (QED) is 0.731. The molecule has 0 radical (unpaired) electrons. The lowest BCUT2D eigenvalue weighted by Gasteiger charge is -2.10. The Morgan fingerprint density at radius 3 is 2.84 bits per heavy atom. The van der Waals surface area contributed by atoms with Gasteiger partial charge in [-0.2, -0.15) is 0 Å². The van der Waals surface area contributed by atoms with E-state index in [1.807, 2.05) is 24.3 Å². The second kappa shape index (κ2) is 5.58. The Hall–Kier alpha value is -1.60. The number of carbonyl (C=O) groups excluding carboxylic acids is 1. The first-order chi connectivity index (χ1) is 8.96. The van der Waals surface area contributed by atoms with Gasteiger partial charge >= 0.3 is 0 Å². The van der Waals surface area contributed by atoms with Gasteiger partial charge in [-0.3, -0.25) is 4.79 Å². The number of hydrogen-bond acceptors (Lipinski definition) is 4. The number of nitrogens with one attached hydrogen (secondary N) is 1. The molecule has 1 heterocycles. The Bertz CT molecular complexity index is 546. The van der Waals surface area contributed by atoms with Crippen LogP contribution in [0.2, 0.25) is 0 Å². The van der Waals surface area contributed by atoms with Gasteiger partial charge in [0.15, 0.2) is 6.10 Å². The number of sulfonamides is 1. The summed E-state index contributed by atoms with van der Waals surface area (Å²) in [6.07, 6.45) is 0.299. The van der Waals surface area contributed by atoms with Crippen molar-refractivity contribution in [3.05, 3.63) is 29.8 Å². The fourth-order valence-electron chi connectivity index (χ4n) is 1.93. The summed E-state index contributed by atoms with van der Waals surface area (Å²) < 4.78 is 27.0. The van der Waals surface area contributed by atoms with Gasteiger partial charge in [0.05, 0.1) is 5.75 Å². The van der Waals surface area contributed by atoms with E-state index in [1.54, 1.807) is 0 Å². The Balaban J connectivity index is 1.77. The number of para-hydroxylation sites is 1. The molecule has 0 bridgehead atoms. The van der Waals surface area contributed by atoms with Crippen LogP contribution in [0.1, 0.15) is 12.0 Å². The van der Waals surface area contributed by atoms with E-state index in [0.717, 1.165) is 11.3 Å². The molecule has 104 valence electrons. The van der Waals surface area contributed by atoms with Gasteiger partial charge in [-0.25, -0.2) is 13.6 Å². The predicted octanol–water partition coefficient (Wildman–Crippen LogP) is -0.215. The average molecular weight is 284 g/mol. The van der Waals surface area contributed by atoms with Crippen molar-refractivity contribution < 1.29 is 17.9 Å². The molecule has 1 aromatic rings. The van der Waals surface area contributed by atoms with Crippen LogP contribution in [0.15, 0.2) is 24.3 Å². The smallest absolute Gasteiger partial charge is 0.261 e. The second-order valence-electron chi connectivity index (χ2n) is 4.43. The summed E-state index contributed by atoms with van der Waals surface area (Å²) in [6, 6.07) is 7.49. The highest BCUT2D eigenvalue weighted by Crippen LogP contribution is 2.27. The molecule has 1 atom stereocenters. The molecule has 3 N–H and O–H groups in total. The summed E-state index contributed by atoms with van der Waals surface area (Å²) in [5.41, 5.74) is 1.01. The van der Waals surface area contributed by atoms with Crippen LogP contribution in [-0.4, -0.2) is 32.7 Å². The largest absolute Gasteiger partial charge is 0.480 e. The summed E-state index contributed by atoms with van der Waals surface area (Å²) in [5, 5.41) is 7.51. The van der Waals surface area contributed by atoms with E-state index in [2.05, 4.69) is 5.32 Å². The Kier molecular flexibility index (Phi) is 4.06. The molecule has 7 heteroatoms. The minimum absolute atomic E-state index is 0.140. The number of rotatable bonds is 5. The Morgan fingerprint density at radius 1 is 1.42 bits per heavy atom. The number of nitrogens with two attached hydrogens (primary N) is 1. The van der Waals surface area contributed by atoms with E-state index in [0.29, 0.717) is 12.8 Å². The molecule has 1 amide bonds. The minimum Gasteiger partial charge on any atom is -0.480 e. The van der Waals surface area contributed by atoms with E-state index in [-0.39, 0.29) is 18.2 Å². The number of carbonyl (C=O) groups is 1. The van der Waals surface area contributed by atoms with E-state index in [4.69, 9.17) is 9.88 Å². The van der Waals surface area contributed by atoms with Gasteiger partial charge in [-0.1, -0.05) is 18.2 Å². The molecule has 2 rings (SSSR count). The summed E-state index contributed by atoms with van der Waals surface area (Å²) in [7, 11) is -3.47. The first-order valence-electron chi connectivity index (χ1n) is 5.98. The fourth-order valence-corrected chi connectivity index (χ4v) is 2.47. The Morgan fingerprint density at radius 2 is 2.16 bits per heavy atom. The standard InChI is InChI=1S/C12H16N2O4S/c13-19(16,17)7-3-6-14-12(15)11-8-9-4-1-2-5-10(9)18-11/h1-2,4-5,11H,3,6-8H2,(H,14,15)(H2,13,16,17). The van der Waals surface area contributed by atoms with E-state index in [1.165, 1.54) is 0 Å². The zero-order valence-electron chi connectivity index (χ0n) is 10.3. The predicted molar refractivity (Wildman–Crippen MR) is 70.2 cm³/mol. The molecule has 0 saturated carbocycles. The van der Waals surface area contributed by atoms with Crippen molar-refractivity contribution in [2.75, 3.05) is 12.3 Å². The van der Waals surface area contributed by atoms with Gasteiger partial charge in [0.1, 0.15) is 5.75 Å². The van der Waals surface area contributed by atoms with E-state index in [9.17, 15) is 13.2 Å². The normalized spacial score (nSPS) is 17.6. The SMILES string of the molecule is NS(=O)(=O)CCCNC(=O)C1Cc2ccccc2O1.